The molecule has 13 heteroatoms. The average molecular weight is 348 g/mol. The van der Waals surface area contributed by atoms with E-state index in [2.05, 4.69) is 0 Å². The van der Waals surface area contributed by atoms with Gasteiger partial charge in [0.15, 0.2) is 5.60 Å². The standard InChI is InChI=1S/C6H8O7.C2H4O2.K.Na.2H2O/c7-3(8)1-6(13,5(11)12)2-4(9)10;1-2(3)4;;;;/h13H,1-2H2,(H,7,8)(H,9,10)(H,11,12);1H3,(H,3,4);;;2*1H2/q;;2*+1;;/p-2. The molecule has 0 aromatic heterocycles. The molecule has 0 spiro atoms. The Bertz CT molecular complexity index is 312. The van der Waals surface area contributed by atoms with E-state index in [0.29, 0.717) is 0 Å². The molecule has 0 aromatic rings. The van der Waals surface area contributed by atoms with Crippen molar-refractivity contribution in [1.29, 1.82) is 0 Å². The molecule has 0 atom stereocenters. The van der Waals surface area contributed by atoms with Gasteiger partial charge in [0, 0.05) is 31.7 Å². The van der Waals surface area contributed by atoms with Crippen LogP contribution in [0.1, 0.15) is 19.8 Å². The molecule has 0 saturated heterocycles. The Hall–Kier alpha value is 0.396. The van der Waals surface area contributed by atoms with Gasteiger partial charge in [0.1, 0.15) is 0 Å². The van der Waals surface area contributed by atoms with Crippen LogP contribution in [0.4, 0.5) is 0 Å². The van der Waals surface area contributed by atoms with Crippen molar-refractivity contribution in [3.05, 3.63) is 0 Å². The van der Waals surface area contributed by atoms with Crippen molar-refractivity contribution in [2.45, 2.75) is 25.4 Å². The van der Waals surface area contributed by atoms with E-state index in [9.17, 15) is 24.6 Å². The predicted molar refractivity (Wildman–Crippen MR) is 52.4 cm³/mol. The number of aliphatic hydroxyl groups is 1. The molecule has 0 aliphatic heterocycles. The summed E-state index contributed by atoms with van der Waals surface area (Å²) in [6.07, 6.45) is -2.59. The average Bonchev–Trinajstić information content (AvgIpc) is 1.98. The topological polar surface area (TPSA) is 238 Å². The van der Waals surface area contributed by atoms with Gasteiger partial charge in [-0.3, -0.25) is 4.79 Å². The Balaban J connectivity index is -0.0000000629. The van der Waals surface area contributed by atoms with Crippen molar-refractivity contribution in [2.75, 3.05) is 0 Å². The Kier molecular flexibility index (Phi) is 33.0. The number of hydrogen-bond acceptors (Lipinski definition) is 7. The summed E-state index contributed by atoms with van der Waals surface area (Å²) in [6.45, 7) is 1.08. The van der Waals surface area contributed by atoms with Crippen molar-refractivity contribution in [1.82, 2.24) is 0 Å². The molecule has 0 radical (unpaired) electrons. The summed E-state index contributed by atoms with van der Waals surface area (Å²) in [6, 6.07) is 0. The maximum Gasteiger partial charge on any atom is 1.00 e. The van der Waals surface area contributed by atoms with Crippen molar-refractivity contribution in [2.24, 2.45) is 0 Å². The minimum atomic E-state index is -2.86. The van der Waals surface area contributed by atoms with E-state index in [1.807, 2.05) is 0 Å². The van der Waals surface area contributed by atoms with E-state index in [4.69, 9.17) is 20.1 Å². The fourth-order valence-corrected chi connectivity index (χ4v) is 0.691. The maximum atomic E-state index is 10.3. The number of carbonyl (C=O) groups is 4. The molecule has 0 saturated carbocycles. The van der Waals surface area contributed by atoms with Crippen LogP contribution in [0.2, 0.25) is 0 Å². The predicted octanol–water partition coefficient (Wildman–Crippen LogP) is -11.5. The molecule has 0 aliphatic rings. The Morgan fingerprint density at radius 3 is 1.24 bits per heavy atom. The zero-order valence-electron chi connectivity index (χ0n) is 11.7. The molecule has 0 heterocycles. The van der Waals surface area contributed by atoms with Crippen LogP contribution < -0.4 is 91.2 Å². The van der Waals surface area contributed by atoms with Gasteiger partial charge in [-0.05, 0) is 0 Å². The van der Waals surface area contributed by atoms with E-state index < -0.39 is 42.3 Å². The monoisotopic (exact) mass is 348 g/mol. The molecule has 114 valence electrons. The van der Waals surface area contributed by atoms with E-state index in [1.165, 1.54) is 0 Å². The first-order chi connectivity index (χ1) is 7.51. The Morgan fingerprint density at radius 2 is 1.14 bits per heavy atom. The fraction of sp³-hybridized carbons (Fsp3) is 0.500. The third kappa shape index (κ3) is 25.7. The summed E-state index contributed by atoms with van der Waals surface area (Å²) < 4.78 is 0. The summed E-state index contributed by atoms with van der Waals surface area (Å²) >= 11 is 0. The van der Waals surface area contributed by atoms with Gasteiger partial charge < -0.3 is 46.1 Å². The number of hydrogen-bond donors (Lipinski definition) is 3. The van der Waals surface area contributed by atoms with Gasteiger partial charge in [0.25, 0.3) is 5.97 Å². The molecule has 0 aromatic carbocycles. The molecular weight excluding hydrogens is 334 g/mol. The number of carbonyl (C=O) groups excluding carboxylic acids is 2. The molecule has 0 fully saturated rings. The molecule has 21 heavy (non-hydrogen) atoms. The second-order valence-corrected chi connectivity index (χ2v) is 2.95. The van der Waals surface area contributed by atoms with Crippen LogP contribution in [-0.2, 0) is 19.2 Å². The number of carboxylic acid groups (broad SMARTS) is 4. The van der Waals surface area contributed by atoms with Crippen LogP contribution in [0.3, 0.4) is 0 Å². The second kappa shape index (κ2) is 18.4. The minimum Gasteiger partial charge on any atom is -0.550 e. The quantitative estimate of drug-likeness (QED) is 0.399. The van der Waals surface area contributed by atoms with E-state index in [1.54, 1.807) is 0 Å². The Labute approximate surface area is 183 Å². The maximum absolute atomic E-state index is 10.3. The van der Waals surface area contributed by atoms with Crippen LogP contribution in [0.15, 0.2) is 0 Å². The van der Waals surface area contributed by atoms with Gasteiger partial charge >= 0.3 is 86.9 Å². The van der Waals surface area contributed by atoms with Gasteiger partial charge in [-0.15, -0.1) is 0 Å². The Morgan fingerprint density at radius 1 is 0.952 bits per heavy atom. The number of aliphatic carboxylic acids is 4. The minimum absolute atomic E-state index is 0. The largest absolute Gasteiger partial charge is 1.00 e. The molecule has 0 bridgehead atoms. The third-order valence-corrected chi connectivity index (χ3v) is 1.27. The van der Waals surface area contributed by atoms with Gasteiger partial charge in [0.2, 0.25) is 0 Å². The first-order valence-electron chi connectivity index (χ1n) is 4.06. The van der Waals surface area contributed by atoms with Gasteiger partial charge in [-0.2, -0.15) is 0 Å². The van der Waals surface area contributed by atoms with Crippen LogP contribution in [-0.4, -0.2) is 55.8 Å². The van der Waals surface area contributed by atoms with Gasteiger partial charge in [0.05, 0.1) is 0 Å². The molecular formula is C8H14KNaO11. The van der Waals surface area contributed by atoms with Crippen molar-refractivity contribution >= 4 is 23.9 Å². The zero-order chi connectivity index (χ0) is 14.2. The molecule has 7 N–H and O–H groups in total. The second-order valence-electron chi connectivity index (χ2n) is 2.95. The molecule has 11 nitrogen and oxygen atoms in total. The summed E-state index contributed by atoms with van der Waals surface area (Å²) in [7, 11) is 0. The van der Waals surface area contributed by atoms with Crippen molar-refractivity contribution < 1.29 is 137 Å². The van der Waals surface area contributed by atoms with Crippen LogP contribution in [0.25, 0.3) is 0 Å². The summed E-state index contributed by atoms with van der Waals surface area (Å²) in [4.78, 5) is 39.2. The smallest absolute Gasteiger partial charge is 0.550 e. The third-order valence-electron chi connectivity index (χ3n) is 1.27. The normalized spacial score (nSPS) is 7.90. The molecule has 0 rings (SSSR count). The number of rotatable bonds is 5. The van der Waals surface area contributed by atoms with E-state index in [-0.39, 0.29) is 91.9 Å². The SMILES string of the molecule is CC(=O)O.O.O.O=C([O-])CC(O)(CC(=O)[O-])C(=O)O.[K+].[Na+]. The zero-order valence-corrected chi connectivity index (χ0v) is 16.8. The van der Waals surface area contributed by atoms with Crippen LogP contribution >= 0.6 is 0 Å². The summed E-state index contributed by atoms with van der Waals surface area (Å²) in [5.74, 6) is -6.49. The van der Waals surface area contributed by atoms with Crippen LogP contribution in [0.5, 0.6) is 0 Å². The summed E-state index contributed by atoms with van der Waals surface area (Å²) in [5.41, 5.74) is -2.86. The first-order valence-corrected chi connectivity index (χ1v) is 4.06. The van der Waals surface area contributed by atoms with Gasteiger partial charge in [-0.1, -0.05) is 0 Å². The number of carboxylic acids is 4. The molecule has 0 unspecified atom stereocenters. The fourth-order valence-electron chi connectivity index (χ4n) is 0.691. The summed E-state index contributed by atoms with van der Waals surface area (Å²) in [5, 5.41) is 44.6. The molecule has 0 aliphatic carbocycles. The first kappa shape index (κ1) is 37.5. The van der Waals surface area contributed by atoms with Crippen molar-refractivity contribution in [3.8, 4) is 0 Å². The van der Waals surface area contributed by atoms with Crippen LogP contribution in [0, 0.1) is 0 Å². The van der Waals surface area contributed by atoms with E-state index >= 15 is 0 Å². The van der Waals surface area contributed by atoms with Crippen molar-refractivity contribution in [3.63, 3.8) is 0 Å². The van der Waals surface area contributed by atoms with Gasteiger partial charge in [-0.25, -0.2) is 4.79 Å². The van der Waals surface area contributed by atoms with E-state index in [0.717, 1.165) is 6.92 Å². The molecule has 0 amide bonds.